The van der Waals surface area contributed by atoms with Crippen LogP contribution in [0.5, 0.6) is 0 Å². The molecule has 4 rings (SSSR count). The summed E-state index contributed by atoms with van der Waals surface area (Å²) in [5.41, 5.74) is 1.21. The van der Waals surface area contributed by atoms with E-state index in [0.29, 0.717) is 12.5 Å². The van der Waals surface area contributed by atoms with E-state index in [0.717, 1.165) is 12.8 Å². The smallest absolute Gasteiger partial charge is 0.0924 e. The SMILES string of the molecule is CC(C)[C@@]12CC[C@@](C)(O1)[C@@H](OCc1cccc3ccccc13)C2. The van der Waals surface area contributed by atoms with Crippen LogP contribution < -0.4 is 0 Å². The van der Waals surface area contributed by atoms with E-state index in [1.165, 1.54) is 22.8 Å². The number of hydrogen-bond acceptors (Lipinski definition) is 2. The largest absolute Gasteiger partial charge is 0.370 e. The Morgan fingerprint density at radius 2 is 1.91 bits per heavy atom. The van der Waals surface area contributed by atoms with Gasteiger partial charge in [0, 0.05) is 6.42 Å². The highest BCUT2D eigenvalue weighted by molar-refractivity contribution is 5.85. The summed E-state index contributed by atoms with van der Waals surface area (Å²) >= 11 is 0. The summed E-state index contributed by atoms with van der Waals surface area (Å²) in [6.45, 7) is 7.45. The summed E-state index contributed by atoms with van der Waals surface area (Å²) in [4.78, 5) is 0. The van der Waals surface area contributed by atoms with Crippen LogP contribution in [0, 0.1) is 5.92 Å². The van der Waals surface area contributed by atoms with Crippen LogP contribution in [0.4, 0.5) is 0 Å². The molecule has 2 saturated heterocycles. The topological polar surface area (TPSA) is 18.5 Å². The molecule has 2 nitrogen and oxygen atoms in total. The highest BCUT2D eigenvalue weighted by Crippen LogP contribution is 2.55. The average Bonchev–Trinajstić information content (AvgIpc) is 3.05. The van der Waals surface area contributed by atoms with Gasteiger partial charge in [-0.25, -0.2) is 0 Å². The third kappa shape index (κ3) is 2.40. The highest BCUT2D eigenvalue weighted by Gasteiger charge is 2.60. The maximum absolute atomic E-state index is 6.47. The molecule has 0 saturated carbocycles. The first kappa shape index (κ1) is 15.2. The number of rotatable bonds is 4. The fourth-order valence-corrected chi connectivity index (χ4v) is 4.41. The second-order valence-corrected chi connectivity index (χ2v) is 7.78. The standard InChI is InChI=1S/C21H26O2/c1-15(2)21-12-11-20(3,23-21)19(13-21)22-14-17-9-6-8-16-7-4-5-10-18(16)17/h4-10,15,19H,11-14H2,1-3H3/t19-,20+,21-/m0/s1. The van der Waals surface area contributed by atoms with Crippen LogP contribution in [0.2, 0.25) is 0 Å². The van der Waals surface area contributed by atoms with Crippen LogP contribution in [0.15, 0.2) is 42.5 Å². The Balaban J connectivity index is 1.54. The van der Waals surface area contributed by atoms with Gasteiger partial charge in [-0.3, -0.25) is 0 Å². The Bertz CT molecular complexity index is 717. The van der Waals surface area contributed by atoms with E-state index < -0.39 is 0 Å². The molecule has 0 radical (unpaired) electrons. The summed E-state index contributed by atoms with van der Waals surface area (Å²) in [5, 5.41) is 2.57. The molecule has 3 atom stereocenters. The van der Waals surface area contributed by atoms with Gasteiger partial charge in [0.05, 0.1) is 23.9 Å². The van der Waals surface area contributed by atoms with Crippen molar-refractivity contribution in [3.8, 4) is 0 Å². The van der Waals surface area contributed by atoms with Crippen molar-refractivity contribution in [2.75, 3.05) is 0 Å². The second kappa shape index (κ2) is 5.32. The molecule has 0 spiro atoms. The van der Waals surface area contributed by atoms with Crippen LogP contribution in [-0.4, -0.2) is 17.3 Å². The summed E-state index contributed by atoms with van der Waals surface area (Å²) in [6, 6.07) is 15.0. The lowest BCUT2D eigenvalue weighted by molar-refractivity contribution is -0.0958. The van der Waals surface area contributed by atoms with E-state index in [1.807, 2.05) is 0 Å². The normalized spacial score (nSPS) is 33.0. The van der Waals surface area contributed by atoms with Crippen molar-refractivity contribution in [2.45, 2.75) is 63.9 Å². The first-order valence-electron chi connectivity index (χ1n) is 8.81. The average molecular weight is 310 g/mol. The lowest BCUT2D eigenvalue weighted by Gasteiger charge is -2.31. The third-order valence-electron chi connectivity index (χ3n) is 6.07. The molecule has 2 heteroatoms. The molecule has 122 valence electrons. The third-order valence-corrected chi connectivity index (χ3v) is 6.07. The summed E-state index contributed by atoms with van der Waals surface area (Å²) in [6.07, 6.45) is 3.53. The Hall–Kier alpha value is -1.38. The Labute approximate surface area is 138 Å². The van der Waals surface area contributed by atoms with Gasteiger partial charge in [0.15, 0.2) is 0 Å². The van der Waals surface area contributed by atoms with Crippen molar-refractivity contribution >= 4 is 10.8 Å². The van der Waals surface area contributed by atoms with Crippen molar-refractivity contribution in [3.63, 3.8) is 0 Å². The lowest BCUT2D eigenvalue weighted by Crippen LogP contribution is -2.38. The number of fused-ring (bicyclic) bond motifs is 3. The summed E-state index contributed by atoms with van der Waals surface area (Å²) in [7, 11) is 0. The molecule has 2 fully saturated rings. The first-order chi connectivity index (χ1) is 11.0. The van der Waals surface area contributed by atoms with Gasteiger partial charge in [-0.1, -0.05) is 56.3 Å². The van der Waals surface area contributed by atoms with Gasteiger partial charge in [-0.15, -0.1) is 0 Å². The Morgan fingerprint density at radius 1 is 1.13 bits per heavy atom. The zero-order valence-electron chi connectivity index (χ0n) is 14.3. The van der Waals surface area contributed by atoms with Gasteiger partial charge in [-0.2, -0.15) is 0 Å². The number of ether oxygens (including phenoxy) is 2. The van der Waals surface area contributed by atoms with Crippen molar-refractivity contribution in [3.05, 3.63) is 48.0 Å². The Kier molecular flexibility index (Phi) is 3.51. The minimum Gasteiger partial charge on any atom is -0.370 e. The maximum atomic E-state index is 6.47. The molecule has 2 heterocycles. The zero-order chi connectivity index (χ0) is 16.1. The molecule has 2 aliphatic heterocycles. The van der Waals surface area contributed by atoms with Crippen LogP contribution in [0.25, 0.3) is 10.8 Å². The second-order valence-electron chi connectivity index (χ2n) is 7.78. The van der Waals surface area contributed by atoms with E-state index >= 15 is 0 Å². The lowest BCUT2D eigenvalue weighted by atomic mass is 9.75. The predicted octanol–water partition coefficient (Wildman–Crippen LogP) is 5.09. The van der Waals surface area contributed by atoms with Gasteiger partial charge in [0.25, 0.3) is 0 Å². The molecule has 2 aromatic carbocycles. The predicted molar refractivity (Wildman–Crippen MR) is 93.4 cm³/mol. The Morgan fingerprint density at radius 3 is 2.70 bits per heavy atom. The van der Waals surface area contributed by atoms with E-state index in [2.05, 4.69) is 63.2 Å². The molecule has 0 N–H and O–H groups in total. The molecule has 0 aliphatic carbocycles. The zero-order valence-corrected chi connectivity index (χ0v) is 14.3. The van der Waals surface area contributed by atoms with Crippen molar-refractivity contribution in [1.82, 2.24) is 0 Å². The van der Waals surface area contributed by atoms with Crippen LogP contribution >= 0.6 is 0 Å². The van der Waals surface area contributed by atoms with Crippen molar-refractivity contribution in [2.24, 2.45) is 5.92 Å². The molecule has 2 bridgehead atoms. The molecule has 0 amide bonds. The monoisotopic (exact) mass is 310 g/mol. The van der Waals surface area contributed by atoms with E-state index in [4.69, 9.17) is 9.47 Å². The molecular weight excluding hydrogens is 284 g/mol. The quantitative estimate of drug-likeness (QED) is 0.783. The summed E-state index contributed by atoms with van der Waals surface area (Å²) < 4.78 is 12.9. The maximum Gasteiger partial charge on any atom is 0.0924 e. The van der Waals surface area contributed by atoms with Crippen molar-refractivity contribution in [1.29, 1.82) is 0 Å². The van der Waals surface area contributed by atoms with Gasteiger partial charge in [0.2, 0.25) is 0 Å². The fraction of sp³-hybridized carbons (Fsp3) is 0.524. The molecule has 2 aromatic rings. The van der Waals surface area contributed by atoms with Crippen LogP contribution in [0.3, 0.4) is 0 Å². The minimum absolute atomic E-state index is 0.0399. The van der Waals surface area contributed by atoms with E-state index in [9.17, 15) is 0 Å². The molecule has 23 heavy (non-hydrogen) atoms. The van der Waals surface area contributed by atoms with Gasteiger partial charge in [0.1, 0.15) is 0 Å². The summed E-state index contributed by atoms with van der Waals surface area (Å²) in [5.74, 6) is 0.551. The highest BCUT2D eigenvalue weighted by atomic mass is 16.6. The van der Waals surface area contributed by atoms with Crippen LogP contribution in [-0.2, 0) is 16.1 Å². The first-order valence-corrected chi connectivity index (χ1v) is 8.81. The van der Waals surface area contributed by atoms with E-state index in [-0.39, 0.29) is 17.3 Å². The number of hydrogen-bond donors (Lipinski definition) is 0. The molecule has 0 unspecified atom stereocenters. The van der Waals surface area contributed by atoms with Gasteiger partial charge >= 0.3 is 0 Å². The van der Waals surface area contributed by atoms with Gasteiger partial charge < -0.3 is 9.47 Å². The van der Waals surface area contributed by atoms with Gasteiger partial charge in [-0.05, 0) is 42.0 Å². The molecular formula is C21H26O2. The van der Waals surface area contributed by atoms with Crippen molar-refractivity contribution < 1.29 is 9.47 Å². The molecule has 0 aromatic heterocycles. The van der Waals surface area contributed by atoms with Crippen LogP contribution in [0.1, 0.15) is 45.6 Å². The minimum atomic E-state index is -0.102. The number of benzene rings is 2. The molecule has 2 aliphatic rings. The van der Waals surface area contributed by atoms with E-state index in [1.54, 1.807) is 0 Å². The fourth-order valence-electron chi connectivity index (χ4n) is 4.41.